The van der Waals surface area contributed by atoms with E-state index in [2.05, 4.69) is 4.98 Å². The summed E-state index contributed by atoms with van der Waals surface area (Å²) in [6.45, 7) is 0. The first-order chi connectivity index (χ1) is 8.79. The molecule has 2 heterocycles. The van der Waals surface area contributed by atoms with Gasteiger partial charge in [-0.05, 0) is 23.1 Å². The zero-order valence-electron chi connectivity index (χ0n) is 9.46. The number of aromatic nitrogens is 1. The van der Waals surface area contributed by atoms with Gasteiger partial charge in [0.15, 0.2) is 0 Å². The van der Waals surface area contributed by atoms with Gasteiger partial charge in [0.2, 0.25) is 0 Å². The lowest BCUT2D eigenvalue weighted by atomic mass is 10.0. The topological polar surface area (TPSA) is 56.0 Å². The van der Waals surface area contributed by atoms with Crippen molar-refractivity contribution in [3.8, 4) is 11.1 Å². The monoisotopic (exact) mass is 254 g/mol. The second-order valence-electron chi connectivity index (χ2n) is 3.96. The number of hydrogen-bond donors (Lipinski definition) is 1. The van der Waals surface area contributed by atoms with Gasteiger partial charge in [0, 0.05) is 27.4 Å². The van der Waals surface area contributed by atoms with Crippen LogP contribution in [0.4, 0.5) is 5.82 Å². The number of nitrogens with two attached hydrogens (primary N) is 1. The van der Waals surface area contributed by atoms with Gasteiger partial charge in [-0.15, -0.1) is 11.3 Å². The third-order valence-electron chi connectivity index (χ3n) is 2.85. The molecule has 88 valence electrons. The smallest absolute Gasteiger partial charge is 0.150 e. The van der Waals surface area contributed by atoms with Crippen molar-refractivity contribution in [1.29, 1.82) is 0 Å². The number of thiophene rings is 1. The summed E-state index contributed by atoms with van der Waals surface area (Å²) in [7, 11) is 0. The number of anilines is 1. The predicted octanol–water partition coefficient (Wildman–Crippen LogP) is 3.36. The number of carbonyl (C=O) groups excluding carboxylic acids is 1. The molecule has 2 aromatic heterocycles. The zero-order valence-corrected chi connectivity index (χ0v) is 10.3. The Morgan fingerprint density at radius 1 is 1.28 bits per heavy atom. The van der Waals surface area contributed by atoms with Gasteiger partial charge in [-0.3, -0.25) is 4.79 Å². The molecular formula is C14H10N2OS. The molecule has 0 radical (unpaired) electrons. The Kier molecular flexibility index (Phi) is 2.57. The highest BCUT2D eigenvalue weighted by atomic mass is 32.1. The largest absolute Gasteiger partial charge is 0.383 e. The van der Waals surface area contributed by atoms with Gasteiger partial charge in [0.1, 0.15) is 12.1 Å². The van der Waals surface area contributed by atoms with E-state index < -0.39 is 0 Å². The van der Waals surface area contributed by atoms with Gasteiger partial charge in [-0.25, -0.2) is 4.98 Å². The summed E-state index contributed by atoms with van der Waals surface area (Å²) in [5.41, 5.74) is 8.50. The summed E-state index contributed by atoms with van der Waals surface area (Å²) < 4.78 is 1.10. The fourth-order valence-electron chi connectivity index (χ4n) is 1.97. The molecule has 0 fully saturated rings. The van der Waals surface area contributed by atoms with E-state index in [1.807, 2.05) is 29.6 Å². The molecule has 0 saturated carbocycles. The first-order valence-corrected chi connectivity index (χ1v) is 6.35. The normalized spacial score (nSPS) is 10.7. The number of pyridine rings is 1. The van der Waals surface area contributed by atoms with Crippen molar-refractivity contribution in [2.45, 2.75) is 0 Å². The van der Waals surface area contributed by atoms with Gasteiger partial charge in [-0.2, -0.15) is 0 Å². The molecule has 3 aromatic rings. The lowest BCUT2D eigenvalue weighted by Gasteiger charge is -2.05. The fourth-order valence-corrected chi connectivity index (χ4v) is 2.90. The Bertz CT molecular complexity index is 733. The average molecular weight is 254 g/mol. The van der Waals surface area contributed by atoms with Crippen LogP contribution in [0.1, 0.15) is 10.4 Å². The maximum Gasteiger partial charge on any atom is 0.150 e. The molecule has 0 unspecified atom stereocenters. The highest BCUT2D eigenvalue weighted by molar-refractivity contribution is 7.17. The molecule has 3 nitrogen and oxygen atoms in total. The minimum absolute atomic E-state index is 0.543. The third kappa shape index (κ3) is 1.67. The van der Waals surface area contributed by atoms with Gasteiger partial charge < -0.3 is 5.73 Å². The van der Waals surface area contributed by atoms with Crippen LogP contribution in [0.2, 0.25) is 0 Å². The van der Waals surface area contributed by atoms with E-state index in [1.165, 1.54) is 0 Å². The van der Waals surface area contributed by atoms with Crippen molar-refractivity contribution in [3.63, 3.8) is 0 Å². The number of benzene rings is 1. The van der Waals surface area contributed by atoms with Crippen molar-refractivity contribution in [1.82, 2.24) is 4.98 Å². The number of fused-ring (bicyclic) bond motifs is 1. The number of nitrogens with zero attached hydrogens (tertiary/aromatic N) is 1. The van der Waals surface area contributed by atoms with Crippen LogP contribution < -0.4 is 5.73 Å². The molecule has 0 atom stereocenters. The fraction of sp³-hybridized carbons (Fsp3) is 0. The highest BCUT2D eigenvalue weighted by Crippen LogP contribution is 2.34. The molecule has 0 amide bonds. The van der Waals surface area contributed by atoms with Gasteiger partial charge in [0.25, 0.3) is 0 Å². The van der Waals surface area contributed by atoms with Crippen LogP contribution in [0.25, 0.3) is 21.2 Å². The number of nitrogen functional groups attached to an aromatic ring is 1. The van der Waals surface area contributed by atoms with Crippen LogP contribution in [0.5, 0.6) is 0 Å². The van der Waals surface area contributed by atoms with Crippen LogP contribution in [0.3, 0.4) is 0 Å². The van der Waals surface area contributed by atoms with E-state index in [1.54, 1.807) is 23.6 Å². The summed E-state index contributed by atoms with van der Waals surface area (Å²) in [5.74, 6) is 0.543. The maximum absolute atomic E-state index is 10.8. The molecule has 0 aliphatic heterocycles. The summed E-state index contributed by atoms with van der Waals surface area (Å²) >= 11 is 1.63. The number of rotatable bonds is 2. The van der Waals surface area contributed by atoms with Crippen molar-refractivity contribution >= 4 is 33.5 Å². The Labute approximate surface area is 108 Å². The molecule has 18 heavy (non-hydrogen) atoms. The quantitative estimate of drug-likeness (QED) is 0.713. The molecule has 4 heteroatoms. The summed E-state index contributed by atoms with van der Waals surface area (Å²) in [4.78, 5) is 15.0. The number of carbonyl (C=O) groups is 1. The van der Waals surface area contributed by atoms with E-state index in [0.29, 0.717) is 11.4 Å². The lowest BCUT2D eigenvalue weighted by Crippen LogP contribution is -1.91. The van der Waals surface area contributed by atoms with Gasteiger partial charge in [0.05, 0.1) is 0 Å². The van der Waals surface area contributed by atoms with Crippen molar-refractivity contribution < 1.29 is 4.79 Å². The van der Waals surface area contributed by atoms with E-state index in [4.69, 9.17) is 5.73 Å². The minimum Gasteiger partial charge on any atom is -0.383 e. The molecule has 0 spiro atoms. The third-order valence-corrected chi connectivity index (χ3v) is 3.80. The molecule has 0 bridgehead atoms. The van der Waals surface area contributed by atoms with E-state index >= 15 is 0 Å². The van der Waals surface area contributed by atoms with E-state index in [-0.39, 0.29) is 0 Å². The van der Waals surface area contributed by atoms with Crippen molar-refractivity contribution in [3.05, 3.63) is 47.5 Å². The van der Waals surface area contributed by atoms with Gasteiger partial charge in [-0.1, -0.05) is 18.2 Å². The molecule has 1 aromatic carbocycles. The summed E-state index contributed by atoms with van der Waals surface area (Å²) in [5, 5.41) is 2.96. The summed E-state index contributed by atoms with van der Waals surface area (Å²) in [6.07, 6.45) is 2.61. The molecule has 0 aliphatic rings. The highest BCUT2D eigenvalue weighted by Gasteiger charge is 2.09. The average Bonchev–Trinajstić information content (AvgIpc) is 2.89. The zero-order chi connectivity index (χ0) is 12.5. The van der Waals surface area contributed by atoms with Crippen LogP contribution >= 0.6 is 11.3 Å². The Morgan fingerprint density at radius 2 is 2.17 bits per heavy atom. The van der Waals surface area contributed by atoms with Crippen LogP contribution in [-0.2, 0) is 0 Å². The van der Waals surface area contributed by atoms with Crippen LogP contribution in [0.15, 0.2) is 41.9 Å². The standard InChI is InChI=1S/C14H10N2OS/c15-14-11-4-5-18-13(11)12(7-16-14)10-3-1-2-9(6-10)8-17/h1-8H,(H2,15,16). The molecule has 0 saturated heterocycles. The second kappa shape index (κ2) is 4.23. The minimum atomic E-state index is 0.543. The van der Waals surface area contributed by atoms with E-state index in [9.17, 15) is 4.79 Å². The first kappa shape index (κ1) is 10.9. The Balaban J connectivity index is 2.28. The lowest BCUT2D eigenvalue weighted by molar-refractivity contribution is 0.112. The van der Waals surface area contributed by atoms with Crippen molar-refractivity contribution in [2.24, 2.45) is 0 Å². The van der Waals surface area contributed by atoms with Crippen molar-refractivity contribution in [2.75, 3.05) is 5.73 Å². The van der Waals surface area contributed by atoms with E-state index in [0.717, 1.165) is 27.5 Å². The van der Waals surface area contributed by atoms with Crippen LogP contribution in [-0.4, -0.2) is 11.3 Å². The number of hydrogen-bond acceptors (Lipinski definition) is 4. The molecular weight excluding hydrogens is 244 g/mol. The first-order valence-electron chi connectivity index (χ1n) is 5.47. The molecule has 3 rings (SSSR count). The molecule has 2 N–H and O–H groups in total. The second-order valence-corrected chi connectivity index (χ2v) is 4.88. The maximum atomic E-state index is 10.8. The Morgan fingerprint density at radius 3 is 3.00 bits per heavy atom. The predicted molar refractivity (Wildman–Crippen MR) is 74.9 cm³/mol. The van der Waals surface area contributed by atoms with Gasteiger partial charge >= 0.3 is 0 Å². The molecule has 0 aliphatic carbocycles. The number of aldehydes is 1. The van der Waals surface area contributed by atoms with Crippen LogP contribution in [0, 0.1) is 0 Å². The Hall–Kier alpha value is -2.20. The summed E-state index contributed by atoms with van der Waals surface area (Å²) in [6, 6.07) is 9.45. The SMILES string of the molecule is Nc1ncc(-c2cccc(C=O)c2)c2sccc12.